The van der Waals surface area contributed by atoms with Crippen LogP contribution in [0.15, 0.2) is 24.4 Å². The van der Waals surface area contributed by atoms with Crippen LogP contribution in [0.25, 0.3) is 32.9 Å². The van der Waals surface area contributed by atoms with Gasteiger partial charge in [-0.05, 0) is 85.0 Å². The number of rotatable bonds is 6. The van der Waals surface area contributed by atoms with Gasteiger partial charge >= 0.3 is 12.1 Å². The molecule has 1 N–H and O–H groups in total. The third-order valence-corrected chi connectivity index (χ3v) is 10.3. The highest BCUT2D eigenvalue weighted by Gasteiger charge is 2.48. The molecule has 2 aromatic carbocycles. The van der Waals surface area contributed by atoms with Crippen LogP contribution in [0.3, 0.4) is 0 Å². The van der Waals surface area contributed by atoms with Gasteiger partial charge in [0.2, 0.25) is 0 Å². The van der Waals surface area contributed by atoms with E-state index in [0.717, 1.165) is 90.7 Å². The van der Waals surface area contributed by atoms with E-state index >= 15 is 0 Å². The molecule has 0 bridgehead atoms. The van der Waals surface area contributed by atoms with E-state index < -0.39 is 5.60 Å². The van der Waals surface area contributed by atoms with E-state index in [1.54, 1.807) is 0 Å². The fourth-order valence-electron chi connectivity index (χ4n) is 7.42. The summed E-state index contributed by atoms with van der Waals surface area (Å²) in [6.45, 7) is 15.2. The minimum Gasteiger partial charge on any atom is -0.491 e. The number of piperidine rings is 2. The van der Waals surface area contributed by atoms with Gasteiger partial charge in [-0.2, -0.15) is 15.1 Å². The molecule has 12 heteroatoms. The lowest BCUT2D eigenvalue weighted by molar-refractivity contribution is -0.0434. The Morgan fingerprint density at radius 1 is 1.06 bits per heavy atom. The van der Waals surface area contributed by atoms with Crippen molar-refractivity contribution in [3.05, 3.63) is 35.0 Å². The summed E-state index contributed by atoms with van der Waals surface area (Å²) in [4.78, 5) is 29.3. The Morgan fingerprint density at radius 3 is 2.48 bits per heavy atom. The van der Waals surface area contributed by atoms with Crippen molar-refractivity contribution in [3.8, 4) is 22.9 Å². The van der Waals surface area contributed by atoms with Crippen LogP contribution in [0.4, 0.5) is 10.6 Å². The number of fused-ring (bicyclic) bond motifs is 2. The van der Waals surface area contributed by atoms with Gasteiger partial charge in [-0.3, -0.25) is 5.10 Å². The van der Waals surface area contributed by atoms with Crippen LogP contribution in [0, 0.1) is 12.3 Å². The number of aryl methyl sites for hydroxylation is 1. The Bertz CT molecular complexity index is 1830. The number of anilines is 1. The summed E-state index contributed by atoms with van der Waals surface area (Å²) in [6.07, 6.45) is 5.35. The van der Waals surface area contributed by atoms with Crippen LogP contribution in [0.1, 0.15) is 58.9 Å². The van der Waals surface area contributed by atoms with Gasteiger partial charge in [0, 0.05) is 66.6 Å². The first-order valence-electron chi connectivity index (χ1n) is 17.1. The van der Waals surface area contributed by atoms with E-state index in [1.165, 1.54) is 0 Å². The molecule has 0 radical (unpaired) electrons. The molecule has 2 aromatic heterocycles. The number of nitrogens with one attached hydrogen (secondary N) is 1. The van der Waals surface area contributed by atoms with E-state index in [-0.39, 0.29) is 17.6 Å². The molecule has 256 valence electrons. The third-order valence-electron chi connectivity index (χ3n) is 9.99. The van der Waals surface area contributed by atoms with Crippen molar-refractivity contribution >= 4 is 45.3 Å². The number of carbonyl (C=O) groups excluding carboxylic acids is 1. The maximum absolute atomic E-state index is 12.7. The lowest BCUT2D eigenvalue weighted by atomic mass is 9.72. The van der Waals surface area contributed by atoms with Crippen LogP contribution >= 0.6 is 11.6 Å². The molecule has 48 heavy (non-hydrogen) atoms. The predicted octanol–water partition coefficient (Wildman–Crippen LogP) is 6.84. The van der Waals surface area contributed by atoms with E-state index in [9.17, 15) is 4.79 Å². The molecule has 0 atom stereocenters. The molecule has 0 unspecified atom stereocenters. The molecular formula is C36H46ClN7O4. The second-order valence-electron chi connectivity index (χ2n) is 14.8. The summed E-state index contributed by atoms with van der Waals surface area (Å²) in [5.41, 5.74) is 4.01. The Hall–Kier alpha value is -3.83. The second kappa shape index (κ2) is 12.6. The molecule has 3 aliphatic rings. The highest BCUT2D eigenvalue weighted by atomic mass is 35.5. The van der Waals surface area contributed by atoms with Crippen molar-refractivity contribution in [1.82, 2.24) is 30.0 Å². The van der Waals surface area contributed by atoms with Gasteiger partial charge in [0.15, 0.2) is 5.75 Å². The van der Waals surface area contributed by atoms with E-state index in [0.29, 0.717) is 42.0 Å². The number of likely N-dealkylation sites (tertiary alicyclic amines) is 2. The summed E-state index contributed by atoms with van der Waals surface area (Å²) in [5, 5.41) is 9.78. The van der Waals surface area contributed by atoms with Crippen LogP contribution in [0.5, 0.6) is 11.8 Å². The van der Waals surface area contributed by atoms with Gasteiger partial charge in [0.1, 0.15) is 23.0 Å². The summed E-state index contributed by atoms with van der Waals surface area (Å²) >= 11 is 7.24. The maximum Gasteiger partial charge on any atom is 0.410 e. The number of nitrogens with zero attached hydrogens (tertiary/aromatic N) is 6. The Labute approximate surface area is 286 Å². The van der Waals surface area contributed by atoms with Crippen molar-refractivity contribution in [2.45, 2.75) is 72.0 Å². The van der Waals surface area contributed by atoms with Gasteiger partial charge in [0.05, 0.1) is 23.3 Å². The first kappa shape index (κ1) is 32.7. The number of aromatic amines is 1. The topological polar surface area (TPSA) is 109 Å². The summed E-state index contributed by atoms with van der Waals surface area (Å²) in [7, 11) is 2.14. The zero-order valence-electron chi connectivity index (χ0n) is 28.9. The number of aromatic nitrogens is 4. The third kappa shape index (κ3) is 6.22. The first-order valence-corrected chi connectivity index (χ1v) is 17.5. The van der Waals surface area contributed by atoms with Gasteiger partial charge in [-0.1, -0.05) is 17.7 Å². The fourth-order valence-corrected chi connectivity index (χ4v) is 7.71. The number of benzene rings is 2. The molecule has 0 aliphatic carbocycles. The van der Waals surface area contributed by atoms with Gasteiger partial charge in [0.25, 0.3) is 0 Å². The minimum absolute atomic E-state index is 0.0363. The average Bonchev–Trinajstić information content (AvgIpc) is 3.50. The van der Waals surface area contributed by atoms with Crippen LogP contribution in [-0.2, 0) is 4.74 Å². The number of halogens is 1. The quantitative estimate of drug-likeness (QED) is 0.235. The number of H-pyrrole nitrogens is 1. The molecular weight excluding hydrogens is 630 g/mol. The van der Waals surface area contributed by atoms with Crippen molar-refractivity contribution in [2.75, 3.05) is 57.8 Å². The van der Waals surface area contributed by atoms with Gasteiger partial charge in [-0.15, -0.1) is 0 Å². The summed E-state index contributed by atoms with van der Waals surface area (Å²) in [5.74, 6) is 1.42. The molecule has 1 amide bonds. The van der Waals surface area contributed by atoms with Crippen molar-refractivity contribution in [3.63, 3.8) is 0 Å². The largest absolute Gasteiger partial charge is 0.491 e. The zero-order chi connectivity index (χ0) is 33.8. The maximum atomic E-state index is 12.7. The van der Waals surface area contributed by atoms with Crippen LogP contribution < -0.4 is 14.4 Å². The van der Waals surface area contributed by atoms with Crippen molar-refractivity contribution < 1.29 is 19.0 Å². The number of amides is 1. The van der Waals surface area contributed by atoms with Gasteiger partial charge in [-0.25, -0.2) is 4.79 Å². The molecule has 11 nitrogen and oxygen atoms in total. The highest BCUT2D eigenvalue weighted by Crippen LogP contribution is 2.48. The SMILES string of the molecule is CCOc1c(-c2c(C)ccc3[nH]ncc23)c(Cl)cc2c(N3CCC4(CC3)CN(C(=O)OC(C)(C)C)C4)nc(OC3CCN(C)CC3)nc12. The van der Waals surface area contributed by atoms with E-state index in [2.05, 4.69) is 40.0 Å². The fraction of sp³-hybridized carbons (Fsp3) is 0.556. The molecule has 1 spiro atoms. The monoisotopic (exact) mass is 675 g/mol. The lowest BCUT2D eigenvalue weighted by Gasteiger charge is -2.53. The molecule has 7 rings (SSSR count). The normalized spacial score (nSPS) is 18.8. The number of carbonyl (C=O) groups is 1. The van der Waals surface area contributed by atoms with E-state index in [1.807, 2.05) is 50.9 Å². The number of hydrogen-bond acceptors (Lipinski definition) is 9. The standard InChI is InChI=1S/C36H46ClN7O4/c1-7-46-31-29(28-22(2)8-9-27-25(28)19-38-41-27)26(37)18-24-30(31)39-33(47-23-10-14-42(6)15-11-23)40-32(24)43-16-12-36(13-17-43)20-44(21-36)34(45)48-35(3,4)5/h8-9,18-19,23H,7,10-17,20-21H2,1-6H3,(H,38,41). The minimum atomic E-state index is -0.504. The first-order chi connectivity index (χ1) is 22.9. The molecule has 4 aromatic rings. The predicted molar refractivity (Wildman–Crippen MR) is 188 cm³/mol. The zero-order valence-corrected chi connectivity index (χ0v) is 29.6. The lowest BCUT2D eigenvalue weighted by Crippen LogP contribution is -2.62. The highest BCUT2D eigenvalue weighted by molar-refractivity contribution is 6.35. The molecule has 5 heterocycles. The van der Waals surface area contributed by atoms with Crippen LogP contribution in [0.2, 0.25) is 5.02 Å². The molecule has 0 saturated carbocycles. The van der Waals surface area contributed by atoms with Crippen molar-refractivity contribution in [1.29, 1.82) is 0 Å². The average molecular weight is 676 g/mol. The molecule has 3 aliphatic heterocycles. The Balaban J connectivity index is 1.27. The summed E-state index contributed by atoms with van der Waals surface area (Å²) in [6, 6.07) is 6.45. The Morgan fingerprint density at radius 2 is 1.79 bits per heavy atom. The second-order valence-corrected chi connectivity index (χ2v) is 15.2. The van der Waals surface area contributed by atoms with Gasteiger partial charge < -0.3 is 28.9 Å². The Kier molecular flexibility index (Phi) is 8.56. The smallest absolute Gasteiger partial charge is 0.410 e. The molecule has 3 fully saturated rings. The van der Waals surface area contributed by atoms with Crippen molar-refractivity contribution in [2.24, 2.45) is 5.41 Å². The number of ether oxygens (including phenoxy) is 3. The molecule has 3 saturated heterocycles. The summed E-state index contributed by atoms with van der Waals surface area (Å²) < 4.78 is 18.6. The van der Waals surface area contributed by atoms with E-state index in [4.69, 9.17) is 35.8 Å². The number of hydrogen-bond donors (Lipinski definition) is 1. The van der Waals surface area contributed by atoms with Crippen LogP contribution in [-0.4, -0.2) is 101 Å².